The lowest BCUT2D eigenvalue weighted by Gasteiger charge is -2.04. The van der Waals surface area contributed by atoms with E-state index in [2.05, 4.69) is 4.98 Å². The second-order valence-electron chi connectivity index (χ2n) is 3.56. The molecule has 0 aliphatic carbocycles. The maximum atomic E-state index is 11.4. The Labute approximate surface area is 93.4 Å². The maximum absolute atomic E-state index is 11.4. The van der Waals surface area contributed by atoms with Gasteiger partial charge in [-0.15, -0.1) is 0 Å². The molecule has 2 N–H and O–H groups in total. The van der Waals surface area contributed by atoms with Gasteiger partial charge in [-0.2, -0.15) is 4.98 Å². The van der Waals surface area contributed by atoms with Crippen LogP contribution in [-0.4, -0.2) is 9.55 Å². The number of nitrogen functional groups attached to an aromatic ring is 1. The predicted molar refractivity (Wildman–Crippen MR) is 63.1 cm³/mol. The lowest BCUT2D eigenvalue weighted by Crippen LogP contribution is -2.23. The average molecular weight is 215 g/mol. The molecule has 0 fully saturated rings. The number of rotatable bonds is 3. The summed E-state index contributed by atoms with van der Waals surface area (Å²) in [5, 5.41) is 0. The highest BCUT2D eigenvalue weighted by Crippen LogP contribution is 2.00. The van der Waals surface area contributed by atoms with E-state index in [1.165, 1.54) is 5.56 Å². The van der Waals surface area contributed by atoms with E-state index in [1.54, 1.807) is 16.8 Å². The van der Waals surface area contributed by atoms with Crippen molar-refractivity contribution in [3.8, 4) is 0 Å². The van der Waals surface area contributed by atoms with Gasteiger partial charge in [-0.1, -0.05) is 30.3 Å². The van der Waals surface area contributed by atoms with Crippen molar-refractivity contribution in [1.82, 2.24) is 9.55 Å². The quantitative estimate of drug-likeness (QED) is 0.833. The first kappa shape index (κ1) is 10.4. The standard InChI is InChI=1S/C12H13N3O/c13-11-7-9-15(12(16)14-11)8-6-10-4-2-1-3-5-10/h1-5,7,9H,6,8H2,(H2,13,14,16). The minimum atomic E-state index is -0.295. The molecule has 0 radical (unpaired) electrons. The summed E-state index contributed by atoms with van der Waals surface area (Å²) in [4.78, 5) is 15.1. The van der Waals surface area contributed by atoms with Gasteiger partial charge >= 0.3 is 5.69 Å². The van der Waals surface area contributed by atoms with Gasteiger partial charge in [-0.25, -0.2) is 4.79 Å². The van der Waals surface area contributed by atoms with Crippen LogP contribution in [0.1, 0.15) is 5.56 Å². The van der Waals surface area contributed by atoms with Gasteiger partial charge in [0.05, 0.1) is 0 Å². The molecule has 0 aliphatic rings. The second kappa shape index (κ2) is 4.61. The Hall–Kier alpha value is -2.10. The van der Waals surface area contributed by atoms with Crippen molar-refractivity contribution >= 4 is 5.82 Å². The molecule has 0 aliphatic heterocycles. The maximum Gasteiger partial charge on any atom is 0.349 e. The molecule has 0 amide bonds. The molecule has 0 atom stereocenters. The smallest absolute Gasteiger partial charge is 0.349 e. The molecule has 1 aromatic heterocycles. The summed E-state index contributed by atoms with van der Waals surface area (Å²) in [5.74, 6) is 0.265. The van der Waals surface area contributed by atoms with Gasteiger partial charge in [0.25, 0.3) is 0 Å². The molecule has 0 unspecified atom stereocenters. The van der Waals surface area contributed by atoms with Crippen LogP contribution in [0.25, 0.3) is 0 Å². The first-order chi connectivity index (χ1) is 7.75. The zero-order chi connectivity index (χ0) is 11.4. The summed E-state index contributed by atoms with van der Waals surface area (Å²) in [7, 11) is 0. The molecular weight excluding hydrogens is 202 g/mol. The largest absolute Gasteiger partial charge is 0.383 e. The number of nitrogens with two attached hydrogens (primary N) is 1. The Morgan fingerprint density at radius 3 is 2.62 bits per heavy atom. The van der Waals surface area contributed by atoms with E-state index < -0.39 is 0 Å². The van der Waals surface area contributed by atoms with Gasteiger partial charge in [0.1, 0.15) is 5.82 Å². The van der Waals surface area contributed by atoms with Crippen LogP contribution in [0.5, 0.6) is 0 Å². The van der Waals surface area contributed by atoms with Gasteiger partial charge in [0, 0.05) is 12.7 Å². The molecule has 0 saturated heterocycles. The molecule has 2 aromatic rings. The van der Waals surface area contributed by atoms with Crippen molar-refractivity contribution in [3.63, 3.8) is 0 Å². The Morgan fingerprint density at radius 1 is 1.19 bits per heavy atom. The summed E-state index contributed by atoms with van der Waals surface area (Å²) in [6.45, 7) is 0.621. The van der Waals surface area contributed by atoms with Crippen LogP contribution in [0.2, 0.25) is 0 Å². The van der Waals surface area contributed by atoms with Crippen molar-refractivity contribution in [2.75, 3.05) is 5.73 Å². The molecular formula is C12H13N3O. The Balaban J connectivity index is 2.08. The Morgan fingerprint density at radius 2 is 1.94 bits per heavy atom. The molecule has 2 rings (SSSR count). The van der Waals surface area contributed by atoms with E-state index in [-0.39, 0.29) is 11.5 Å². The molecule has 1 heterocycles. The van der Waals surface area contributed by atoms with Crippen LogP contribution in [0, 0.1) is 0 Å². The normalized spacial score (nSPS) is 10.2. The van der Waals surface area contributed by atoms with E-state index in [1.807, 2.05) is 30.3 Å². The van der Waals surface area contributed by atoms with Crippen LogP contribution in [0.4, 0.5) is 5.82 Å². The van der Waals surface area contributed by atoms with Crippen LogP contribution in [0.3, 0.4) is 0 Å². The number of benzene rings is 1. The summed E-state index contributed by atoms with van der Waals surface area (Å²) in [5.41, 5.74) is 6.32. The third-order valence-electron chi connectivity index (χ3n) is 2.38. The number of hydrogen-bond donors (Lipinski definition) is 1. The van der Waals surface area contributed by atoms with Gasteiger partial charge < -0.3 is 5.73 Å². The number of anilines is 1. The summed E-state index contributed by atoms with van der Waals surface area (Å²) in [6, 6.07) is 11.6. The molecule has 0 saturated carbocycles. The minimum Gasteiger partial charge on any atom is -0.383 e. The number of nitrogens with zero attached hydrogens (tertiary/aromatic N) is 2. The fourth-order valence-electron chi connectivity index (χ4n) is 1.51. The van der Waals surface area contributed by atoms with E-state index in [0.717, 1.165) is 6.42 Å². The Bertz CT molecular complexity index is 519. The van der Waals surface area contributed by atoms with Crippen molar-refractivity contribution in [1.29, 1.82) is 0 Å². The fourth-order valence-corrected chi connectivity index (χ4v) is 1.51. The number of hydrogen-bond acceptors (Lipinski definition) is 3. The van der Waals surface area contributed by atoms with E-state index in [0.29, 0.717) is 6.54 Å². The molecule has 0 spiro atoms. The van der Waals surface area contributed by atoms with Gasteiger partial charge in [0.2, 0.25) is 0 Å². The highest BCUT2D eigenvalue weighted by Gasteiger charge is 1.98. The van der Waals surface area contributed by atoms with E-state index in [9.17, 15) is 4.79 Å². The van der Waals surface area contributed by atoms with Crippen molar-refractivity contribution < 1.29 is 0 Å². The lowest BCUT2D eigenvalue weighted by atomic mass is 10.1. The average Bonchev–Trinajstić information content (AvgIpc) is 2.29. The summed E-state index contributed by atoms with van der Waals surface area (Å²) < 4.78 is 1.56. The molecule has 4 heteroatoms. The highest BCUT2D eigenvalue weighted by molar-refractivity contribution is 5.23. The third kappa shape index (κ3) is 2.48. The molecule has 16 heavy (non-hydrogen) atoms. The van der Waals surface area contributed by atoms with E-state index in [4.69, 9.17) is 5.73 Å². The van der Waals surface area contributed by atoms with Crippen LogP contribution >= 0.6 is 0 Å². The number of aromatic nitrogens is 2. The van der Waals surface area contributed by atoms with E-state index >= 15 is 0 Å². The van der Waals surface area contributed by atoms with Crippen LogP contribution < -0.4 is 11.4 Å². The van der Waals surface area contributed by atoms with Crippen LogP contribution in [-0.2, 0) is 13.0 Å². The van der Waals surface area contributed by atoms with Crippen molar-refractivity contribution in [2.45, 2.75) is 13.0 Å². The topological polar surface area (TPSA) is 60.9 Å². The minimum absolute atomic E-state index is 0.265. The zero-order valence-corrected chi connectivity index (χ0v) is 8.84. The monoisotopic (exact) mass is 215 g/mol. The lowest BCUT2D eigenvalue weighted by molar-refractivity contribution is 0.650. The highest BCUT2D eigenvalue weighted by atomic mass is 16.1. The van der Waals surface area contributed by atoms with Crippen molar-refractivity contribution in [2.24, 2.45) is 0 Å². The first-order valence-electron chi connectivity index (χ1n) is 5.12. The van der Waals surface area contributed by atoms with Crippen LogP contribution in [0.15, 0.2) is 47.4 Å². The van der Waals surface area contributed by atoms with Gasteiger partial charge in [0.15, 0.2) is 0 Å². The summed E-state index contributed by atoms with van der Waals surface area (Å²) >= 11 is 0. The Kier molecular flexibility index (Phi) is 3.00. The van der Waals surface area contributed by atoms with Crippen molar-refractivity contribution in [3.05, 3.63) is 58.6 Å². The molecule has 1 aromatic carbocycles. The molecule has 0 bridgehead atoms. The molecule has 4 nitrogen and oxygen atoms in total. The second-order valence-corrected chi connectivity index (χ2v) is 3.56. The van der Waals surface area contributed by atoms with Gasteiger partial charge in [-0.3, -0.25) is 4.57 Å². The number of aryl methyl sites for hydroxylation is 2. The molecule has 82 valence electrons. The zero-order valence-electron chi connectivity index (χ0n) is 8.84. The predicted octanol–water partition coefficient (Wildman–Crippen LogP) is 1.07. The first-order valence-corrected chi connectivity index (χ1v) is 5.12. The fraction of sp³-hybridized carbons (Fsp3) is 0.167. The van der Waals surface area contributed by atoms with Gasteiger partial charge in [-0.05, 0) is 18.1 Å². The summed E-state index contributed by atoms with van der Waals surface area (Å²) in [6.07, 6.45) is 2.49. The third-order valence-corrected chi connectivity index (χ3v) is 2.38. The SMILES string of the molecule is Nc1ccn(CCc2ccccc2)c(=O)n1.